The molecule has 4 aromatic rings. The van der Waals surface area contributed by atoms with Crippen LogP contribution in [0.3, 0.4) is 0 Å². The van der Waals surface area contributed by atoms with Gasteiger partial charge in [-0.05, 0) is 61.4 Å². The number of carbonyl (C=O) groups excluding carboxylic acids is 1. The minimum absolute atomic E-state index is 0.0516. The van der Waals surface area contributed by atoms with Crippen LogP contribution in [0.4, 0.5) is 5.69 Å². The van der Waals surface area contributed by atoms with Gasteiger partial charge in [0.05, 0.1) is 15.1 Å². The van der Waals surface area contributed by atoms with E-state index in [2.05, 4.69) is 10.3 Å². The summed E-state index contributed by atoms with van der Waals surface area (Å²) >= 11 is 1.60. The molecule has 8 heteroatoms. The second-order valence-electron chi connectivity index (χ2n) is 8.51. The average molecular weight is 492 g/mol. The summed E-state index contributed by atoms with van der Waals surface area (Å²) in [5.74, 6) is -0.297. The number of fused-ring (bicyclic) bond motifs is 1. The van der Waals surface area contributed by atoms with E-state index in [1.54, 1.807) is 30.5 Å². The third kappa shape index (κ3) is 4.49. The molecule has 0 aliphatic heterocycles. The van der Waals surface area contributed by atoms with Crippen molar-refractivity contribution < 1.29 is 13.2 Å². The molecule has 1 saturated carbocycles. The Labute approximate surface area is 203 Å². The van der Waals surface area contributed by atoms with E-state index < -0.39 is 10.0 Å². The van der Waals surface area contributed by atoms with Gasteiger partial charge >= 0.3 is 0 Å². The quantitative estimate of drug-likeness (QED) is 0.371. The topological polar surface area (TPSA) is 79.4 Å². The predicted octanol–water partition coefficient (Wildman–Crippen LogP) is 5.78. The van der Waals surface area contributed by atoms with Gasteiger partial charge in [-0.3, -0.25) is 4.79 Å². The molecule has 5 rings (SSSR count). The predicted molar refractivity (Wildman–Crippen MR) is 137 cm³/mol. The fourth-order valence-corrected chi connectivity index (χ4v) is 6.72. The fourth-order valence-electron chi connectivity index (χ4n) is 4.34. The molecule has 1 aromatic heterocycles. The molecule has 0 radical (unpaired) electrons. The van der Waals surface area contributed by atoms with E-state index in [4.69, 9.17) is 0 Å². The number of nitrogens with zero attached hydrogens (tertiary/aromatic N) is 2. The van der Waals surface area contributed by atoms with Gasteiger partial charge in [-0.2, -0.15) is 4.31 Å². The molecule has 1 aliphatic rings. The number of benzene rings is 3. The third-order valence-corrected chi connectivity index (χ3v) is 9.30. The van der Waals surface area contributed by atoms with Crippen molar-refractivity contribution in [2.75, 3.05) is 12.4 Å². The van der Waals surface area contributed by atoms with Crippen molar-refractivity contribution in [2.24, 2.45) is 0 Å². The zero-order valence-electron chi connectivity index (χ0n) is 18.8. The van der Waals surface area contributed by atoms with Crippen LogP contribution in [-0.4, -0.2) is 36.7 Å². The van der Waals surface area contributed by atoms with Crippen LogP contribution < -0.4 is 5.32 Å². The molecular formula is C26H25N3O3S2. The highest BCUT2D eigenvalue weighted by molar-refractivity contribution is 7.89. The van der Waals surface area contributed by atoms with Crippen molar-refractivity contribution in [3.63, 3.8) is 0 Å². The number of hydrogen-bond donors (Lipinski definition) is 1. The molecule has 0 bridgehead atoms. The van der Waals surface area contributed by atoms with Gasteiger partial charge in [-0.1, -0.05) is 37.1 Å². The molecule has 174 valence electrons. The van der Waals surface area contributed by atoms with E-state index in [0.29, 0.717) is 11.3 Å². The number of para-hydroxylation sites is 1. The van der Waals surface area contributed by atoms with Crippen molar-refractivity contribution in [3.05, 3.63) is 78.4 Å². The minimum Gasteiger partial charge on any atom is -0.322 e. The molecule has 1 heterocycles. The Morgan fingerprint density at radius 3 is 2.47 bits per heavy atom. The highest BCUT2D eigenvalue weighted by Crippen LogP contribution is 2.31. The normalized spacial score (nSPS) is 14.6. The Morgan fingerprint density at radius 1 is 1.00 bits per heavy atom. The van der Waals surface area contributed by atoms with Crippen molar-refractivity contribution >= 4 is 43.2 Å². The second-order valence-corrected chi connectivity index (χ2v) is 11.5. The number of amides is 1. The Kier molecular flexibility index (Phi) is 6.20. The number of aromatic nitrogens is 1. The van der Waals surface area contributed by atoms with Gasteiger partial charge in [0.15, 0.2) is 0 Å². The third-order valence-electron chi connectivity index (χ3n) is 6.29. The van der Waals surface area contributed by atoms with Crippen molar-refractivity contribution in [1.82, 2.24) is 9.29 Å². The minimum atomic E-state index is -3.58. The summed E-state index contributed by atoms with van der Waals surface area (Å²) in [7, 11) is -1.93. The number of nitrogens with one attached hydrogen (secondary N) is 1. The molecule has 0 saturated heterocycles. The molecule has 0 atom stereocenters. The van der Waals surface area contributed by atoms with Crippen LogP contribution in [-0.2, 0) is 10.0 Å². The highest BCUT2D eigenvalue weighted by atomic mass is 32.2. The number of anilines is 1. The number of thiazole rings is 1. The van der Waals surface area contributed by atoms with Gasteiger partial charge in [-0.25, -0.2) is 13.4 Å². The van der Waals surface area contributed by atoms with Gasteiger partial charge in [0.2, 0.25) is 10.0 Å². The van der Waals surface area contributed by atoms with Crippen LogP contribution in [0.2, 0.25) is 0 Å². The van der Waals surface area contributed by atoms with Crippen LogP contribution in [0.1, 0.15) is 36.0 Å². The van der Waals surface area contributed by atoms with Gasteiger partial charge in [-0.15, -0.1) is 11.3 Å². The van der Waals surface area contributed by atoms with Gasteiger partial charge in [0.25, 0.3) is 5.91 Å². The summed E-state index contributed by atoms with van der Waals surface area (Å²) < 4.78 is 28.5. The van der Waals surface area contributed by atoms with Gasteiger partial charge in [0.1, 0.15) is 5.01 Å². The summed E-state index contributed by atoms with van der Waals surface area (Å²) in [5, 5.41) is 3.79. The maximum Gasteiger partial charge on any atom is 0.255 e. The largest absolute Gasteiger partial charge is 0.322 e. The van der Waals surface area contributed by atoms with Crippen LogP contribution in [0.5, 0.6) is 0 Å². The number of rotatable bonds is 6. The molecule has 1 aliphatic carbocycles. The van der Waals surface area contributed by atoms with E-state index in [-0.39, 0.29) is 16.8 Å². The number of sulfonamides is 1. The smallest absolute Gasteiger partial charge is 0.255 e. The highest BCUT2D eigenvalue weighted by Gasteiger charge is 2.30. The van der Waals surface area contributed by atoms with Crippen molar-refractivity contribution in [1.29, 1.82) is 0 Å². The zero-order chi connectivity index (χ0) is 23.7. The standard InChI is InChI=1S/C26H25N3O3S2/c1-29(21-9-2-3-10-21)34(31,32)22-15-13-18(14-16-22)25(30)27-20-8-6-7-19(17-20)26-28-23-11-4-5-12-24(23)33-26/h4-8,11-17,21H,2-3,9-10H2,1H3,(H,27,30). The van der Waals surface area contributed by atoms with Crippen molar-refractivity contribution in [3.8, 4) is 10.6 Å². The lowest BCUT2D eigenvalue weighted by Crippen LogP contribution is -2.35. The first kappa shape index (κ1) is 22.7. The first-order valence-corrected chi connectivity index (χ1v) is 13.5. The summed E-state index contributed by atoms with van der Waals surface area (Å²) in [4.78, 5) is 17.7. The molecule has 1 fully saturated rings. The molecule has 6 nitrogen and oxygen atoms in total. The van der Waals surface area contributed by atoms with Crippen LogP contribution in [0.15, 0.2) is 77.7 Å². The Bertz CT molecular complexity index is 1410. The Hall–Kier alpha value is -3.07. The van der Waals surface area contributed by atoms with Crippen LogP contribution in [0.25, 0.3) is 20.8 Å². The number of carbonyl (C=O) groups is 1. The maximum absolute atomic E-state index is 12.9. The van der Waals surface area contributed by atoms with Gasteiger partial charge < -0.3 is 5.32 Å². The SMILES string of the molecule is CN(C1CCCC1)S(=O)(=O)c1ccc(C(=O)Nc2cccc(-c3nc4ccccc4s3)c2)cc1. The molecule has 1 amide bonds. The average Bonchev–Trinajstić information content (AvgIpc) is 3.54. The number of hydrogen-bond acceptors (Lipinski definition) is 5. The Balaban J connectivity index is 1.31. The monoisotopic (exact) mass is 491 g/mol. The molecular weight excluding hydrogens is 466 g/mol. The maximum atomic E-state index is 12.9. The van der Waals surface area contributed by atoms with E-state index in [9.17, 15) is 13.2 Å². The summed E-state index contributed by atoms with van der Waals surface area (Å²) in [6.45, 7) is 0. The van der Waals surface area contributed by atoms with Crippen molar-refractivity contribution in [2.45, 2.75) is 36.6 Å². The lowest BCUT2D eigenvalue weighted by atomic mass is 10.2. The van der Waals surface area contributed by atoms with E-state index in [1.165, 1.54) is 16.4 Å². The lowest BCUT2D eigenvalue weighted by Gasteiger charge is -2.23. The second kappa shape index (κ2) is 9.29. The fraction of sp³-hybridized carbons (Fsp3) is 0.231. The summed E-state index contributed by atoms with van der Waals surface area (Å²) in [6.07, 6.45) is 3.91. The molecule has 3 aromatic carbocycles. The van der Waals surface area contributed by atoms with E-state index in [1.807, 2.05) is 48.5 Å². The van der Waals surface area contributed by atoms with Crippen LogP contribution in [0, 0.1) is 0 Å². The zero-order valence-corrected chi connectivity index (χ0v) is 20.4. The molecule has 34 heavy (non-hydrogen) atoms. The first-order valence-electron chi connectivity index (χ1n) is 11.3. The summed E-state index contributed by atoms with van der Waals surface area (Å²) in [5.41, 5.74) is 2.92. The molecule has 1 N–H and O–H groups in total. The molecule has 0 spiro atoms. The van der Waals surface area contributed by atoms with E-state index >= 15 is 0 Å². The molecule has 0 unspecified atom stereocenters. The van der Waals surface area contributed by atoms with Crippen LogP contribution >= 0.6 is 11.3 Å². The van der Waals surface area contributed by atoms with Gasteiger partial charge in [0, 0.05) is 29.9 Å². The lowest BCUT2D eigenvalue weighted by molar-refractivity contribution is 0.102. The summed E-state index contributed by atoms with van der Waals surface area (Å²) in [6, 6.07) is 21.7. The Morgan fingerprint density at radius 2 is 1.74 bits per heavy atom. The van der Waals surface area contributed by atoms with E-state index in [0.717, 1.165) is 46.5 Å². The first-order chi connectivity index (χ1) is 16.4.